The highest BCUT2D eigenvalue weighted by Crippen LogP contribution is 2.39. The van der Waals surface area contributed by atoms with Gasteiger partial charge in [-0.15, -0.1) is 11.3 Å². The lowest BCUT2D eigenvalue weighted by molar-refractivity contribution is -0.258. The number of piperazine rings is 1. The third-order valence-corrected chi connectivity index (χ3v) is 10.8. The van der Waals surface area contributed by atoms with Crippen LogP contribution in [-0.4, -0.2) is 86.9 Å². The molecule has 5 rings (SSSR count). The standard InChI is InChI=1S/C24H30F3N3O4S2/c1-23(31,24(25,26)27)18-4-6-19(7-5-18)30-10-9-29(36(32,33)22-3-2-12-35-22)15-20(30)14-28-13-17-8-11-34-21(17)16-28/h2-7,12,17,20-21,31H,8-11,13-16H2,1H3/t17?,20-,21?,23?/m0/s1. The maximum atomic E-state index is 13.3. The summed E-state index contributed by atoms with van der Waals surface area (Å²) in [6.45, 7) is 4.77. The Morgan fingerprint density at radius 1 is 1.11 bits per heavy atom. The first kappa shape index (κ1) is 25.9. The summed E-state index contributed by atoms with van der Waals surface area (Å²) >= 11 is 1.19. The fraction of sp³-hybridized carbons (Fsp3) is 0.583. The van der Waals surface area contributed by atoms with Gasteiger partial charge >= 0.3 is 6.18 Å². The molecule has 4 heterocycles. The normalized spacial score (nSPS) is 27.8. The van der Waals surface area contributed by atoms with Crippen molar-refractivity contribution >= 4 is 27.0 Å². The number of hydrogen-bond acceptors (Lipinski definition) is 7. The molecule has 12 heteroatoms. The lowest BCUT2D eigenvalue weighted by Crippen LogP contribution is -2.58. The Hall–Kier alpha value is -1.70. The molecule has 1 aromatic heterocycles. The summed E-state index contributed by atoms with van der Waals surface area (Å²) < 4.78 is 74.0. The molecule has 3 aliphatic rings. The molecule has 0 aliphatic carbocycles. The summed E-state index contributed by atoms with van der Waals surface area (Å²) in [5.74, 6) is 0.483. The number of thiophene rings is 1. The van der Waals surface area contributed by atoms with Gasteiger partial charge in [0.2, 0.25) is 0 Å². The zero-order valence-corrected chi connectivity index (χ0v) is 21.5. The van der Waals surface area contributed by atoms with Crippen LogP contribution < -0.4 is 4.90 Å². The van der Waals surface area contributed by atoms with Crippen molar-refractivity contribution in [3.8, 4) is 0 Å². The van der Waals surface area contributed by atoms with Crippen molar-refractivity contribution < 1.29 is 31.4 Å². The zero-order valence-electron chi connectivity index (χ0n) is 19.9. The molecule has 4 atom stereocenters. The number of aliphatic hydroxyl groups is 1. The molecule has 1 N–H and O–H groups in total. The first-order chi connectivity index (χ1) is 17.0. The van der Waals surface area contributed by atoms with Crippen LogP contribution in [0.1, 0.15) is 18.9 Å². The number of alkyl halides is 3. The smallest absolute Gasteiger partial charge is 0.377 e. The third-order valence-electron chi connectivity index (χ3n) is 7.59. The van der Waals surface area contributed by atoms with Gasteiger partial charge in [0.1, 0.15) is 4.21 Å². The van der Waals surface area contributed by atoms with Crippen LogP contribution in [0.15, 0.2) is 46.0 Å². The quantitative estimate of drug-likeness (QED) is 0.602. The van der Waals surface area contributed by atoms with Crippen LogP contribution in [0.2, 0.25) is 0 Å². The molecule has 0 amide bonds. The molecule has 3 unspecified atom stereocenters. The molecule has 0 radical (unpaired) electrons. The highest BCUT2D eigenvalue weighted by Gasteiger charge is 2.51. The van der Waals surface area contributed by atoms with Gasteiger partial charge in [-0.25, -0.2) is 8.42 Å². The highest BCUT2D eigenvalue weighted by atomic mass is 32.2. The van der Waals surface area contributed by atoms with E-state index < -0.39 is 21.8 Å². The van der Waals surface area contributed by atoms with Crippen LogP contribution >= 0.6 is 11.3 Å². The van der Waals surface area contributed by atoms with Gasteiger partial charge in [-0.05, 0) is 42.5 Å². The summed E-state index contributed by atoms with van der Waals surface area (Å²) in [5.41, 5.74) is -2.49. The average Bonchev–Trinajstić information content (AvgIpc) is 3.57. The second-order valence-electron chi connectivity index (χ2n) is 9.94. The van der Waals surface area contributed by atoms with Crippen molar-refractivity contribution in [3.63, 3.8) is 0 Å². The maximum absolute atomic E-state index is 13.3. The first-order valence-corrected chi connectivity index (χ1v) is 14.3. The Morgan fingerprint density at radius 2 is 1.86 bits per heavy atom. The second-order valence-corrected chi connectivity index (χ2v) is 13.0. The molecule has 2 aromatic rings. The summed E-state index contributed by atoms with van der Waals surface area (Å²) in [5, 5.41) is 11.8. The molecular formula is C24H30F3N3O4S2. The predicted octanol–water partition coefficient (Wildman–Crippen LogP) is 3.12. The van der Waals surface area contributed by atoms with Crippen LogP contribution in [0.5, 0.6) is 0 Å². The van der Waals surface area contributed by atoms with Crippen molar-refractivity contribution in [2.75, 3.05) is 50.8 Å². The van der Waals surface area contributed by atoms with E-state index in [0.29, 0.717) is 28.9 Å². The van der Waals surface area contributed by atoms with Gasteiger partial charge in [0.15, 0.2) is 5.60 Å². The molecule has 3 saturated heterocycles. The largest absolute Gasteiger partial charge is 0.421 e. The molecular weight excluding hydrogens is 515 g/mol. The summed E-state index contributed by atoms with van der Waals surface area (Å²) in [7, 11) is -3.62. The van der Waals surface area contributed by atoms with Gasteiger partial charge in [0, 0.05) is 57.5 Å². The van der Waals surface area contributed by atoms with Gasteiger partial charge < -0.3 is 14.7 Å². The maximum Gasteiger partial charge on any atom is 0.421 e. The van der Waals surface area contributed by atoms with Crippen LogP contribution in [0, 0.1) is 5.92 Å². The van der Waals surface area contributed by atoms with Gasteiger partial charge in [-0.2, -0.15) is 17.5 Å². The average molecular weight is 546 g/mol. The fourth-order valence-corrected chi connectivity index (χ4v) is 8.04. The number of fused-ring (bicyclic) bond motifs is 1. The number of rotatable bonds is 6. The van der Waals surface area contributed by atoms with Gasteiger partial charge in [-0.3, -0.25) is 4.90 Å². The zero-order chi connectivity index (χ0) is 25.7. The molecule has 3 aliphatic heterocycles. The SMILES string of the molecule is CC(O)(c1ccc(N2CCN(S(=O)(=O)c3cccs3)C[C@@H]2CN2CC3CCOC3C2)cc1)C(F)(F)F. The number of hydrogen-bond donors (Lipinski definition) is 1. The Balaban J connectivity index is 1.38. The minimum Gasteiger partial charge on any atom is -0.377 e. The minimum absolute atomic E-state index is 0.193. The summed E-state index contributed by atoms with van der Waals surface area (Å²) in [6.07, 6.45) is -3.57. The molecule has 0 bridgehead atoms. The molecule has 0 saturated carbocycles. The first-order valence-electron chi connectivity index (χ1n) is 12.0. The van der Waals surface area contributed by atoms with Crippen LogP contribution in [0.25, 0.3) is 0 Å². The van der Waals surface area contributed by atoms with Crippen molar-refractivity contribution in [1.29, 1.82) is 0 Å². The second kappa shape index (κ2) is 9.55. The number of sulfonamides is 1. The van der Waals surface area contributed by atoms with Crippen molar-refractivity contribution in [3.05, 3.63) is 47.3 Å². The van der Waals surface area contributed by atoms with E-state index >= 15 is 0 Å². The fourth-order valence-electron chi connectivity index (χ4n) is 5.43. The number of ether oxygens (including phenoxy) is 1. The number of anilines is 1. The predicted molar refractivity (Wildman–Crippen MR) is 131 cm³/mol. The van der Waals surface area contributed by atoms with E-state index in [-0.39, 0.29) is 30.8 Å². The van der Waals surface area contributed by atoms with Gasteiger partial charge in [0.25, 0.3) is 10.0 Å². The highest BCUT2D eigenvalue weighted by molar-refractivity contribution is 7.91. The van der Waals surface area contributed by atoms with Crippen molar-refractivity contribution in [2.24, 2.45) is 5.92 Å². The van der Waals surface area contributed by atoms with E-state index in [1.165, 1.54) is 27.8 Å². The number of likely N-dealkylation sites (tertiary alicyclic amines) is 1. The topological polar surface area (TPSA) is 73.3 Å². The van der Waals surface area contributed by atoms with Crippen molar-refractivity contribution in [1.82, 2.24) is 9.21 Å². The number of benzene rings is 1. The van der Waals surface area contributed by atoms with Crippen LogP contribution in [0.3, 0.4) is 0 Å². The monoisotopic (exact) mass is 545 g/mol. The van der Waals surface area contributed by atoms with E-state index in [4.69, 9.17) is 4.74 Å². The van der Waals surface area contributed by atoms with Gasteiger partial charge in [0.05, 0.1) is 12.1 Å². The Kier molecular flexibility index (Phi) is 6.88. The van der Waals surface area contributed by atoms with E-state index in [1.807, 2.05) is 0 Å². The summed E-state index contributed by atoms with van der Waals surface area (Å²) in [4.78, 5) is 4.37. The van der Waals surface area contributed by atoms with Crippen LogP contribution in [0.4, 0.5) is 18.9 Å². The van der Waals surface area contributed by atoms with Crippen molar-refractivity contribution in [2.45, 2.75) is 41.5 Å². The lowest BCUT2D eigenvalue weighted by Gasteiger charge is -2.43. The Bertz CT molecular complexity index is 1140. The molecule has 198 valence electrons. The Labute approximate surface area is 213 Å². The summed E-state index contributed by atoms with van der Waals surface area (Å²) in [6, 6.07) is 8.87. The van der Waals surface area contributed by atoms with Gasteiger partial charge in [-0.1, -0.05) is 18.2 Å². The number of nitrogens with zero attached hydrogens (tertiary/aromatic N) is 3. The Morgan fingerprint density at radius 3 is 2.50 bits per heavy atom. The molecule has 7 nitrogen and oxygen atoms in total. The van der Waals surface area contributed by atoms with E-state index in [2.05, 4.69) is 9.80 Å². The number of halogens is 3. The molecule has 3 fully saturated rings. The molecule has 0 spiro atoms. The third kappa shape index (κ3) is 4.79. The molecule has 1 aromatic carbocycles. The lowest BCUT2D eigenvalue weighted by atomic mass is 9.95. The van der Waals surface area contributed by atoms with E-state index in [9.17, 15) is 26.7 Å². The van der Waals surface area contributed by atoms with E-state index in [0.717, 1.165) is 33.0 Å². The van der Waals surface area contributed by atoms with E-state index in [1.54, 1.807) is 29.6 Å². The minimum atomic E-state index is -4.80. The molecule has 36 heavy (non-hydrogen) atoms. The van der Waals surface area contributed by atoms with Crippen LogP contribution in [-0.2, 0) is 20.4 Å².